The second-order valence-corrected chi connectivity index (χ2v) is 10.3. The average molecular weight is 816 g/mol. The Morgan fingerprint density at radius 2 is 1.19 bits per heavy atom. The van der Waals surface area contributed by atoms with Crippen LogP contribution in [0.4, 0.5) is 5.69 Å². The Morgan fingerprint density at radius 1 is 0.806 bits per heavy atom. The van der Waals surface area contributed by atoms with E-state index in [9.17, 15) is 24.6 Å². The van der Waals surface area contributed by atoms with Crippen LogP contribution in [0.25, 0.3) is 0 Å². The highest BCUT2D eigenvalue weighted by Gasteiger charge is 2.29. The van der Waals surface area contributed by atoms with Crippen molar-refractivity contribution in [2.45, 2.75) is 17.0 Å². The maximum absolute atomic E-state index is 12.8. The van der Waals surface area contributed by atoms with Crippen molar-refractivity contribution in [1.29, 1.82) is 0 Å². The Labute approximate surface area is 228 Å². The van der Waals surface area contributed by atoms with Crippen molar-refractivity contribution < 1.29 is 34.8 Å². The Hall–Kier alpha value is 0.240. The minimum Gasteiger partial charge on any atom is -0.394 e. The summed E-state index contributed by atoms with van der Waals surface area (Å²) in [4.78, 5) is 36.2. The third-order valence-electron chi connectivity index (χ3n) is 3.64. The highest BCUT2D eigenvalue weighted by atomic mass is 127. The van der Waals surface area contributed by atoms with Crippen LogP contribution in [0.5, 0.6) is 0 Å². The number of carbonyl (C=O) groups is 3. The Balaban J connectivity index is 3.52. The lowest BCUT2D eigenvalue weighted by Gasteiger charge is -2.20. The predicted octanol–water partition coefficient (Wildman–Crippen LogP) is 0.409. The van der Waals surface area contributed by atoms with E-state index in [1.807, 2.05) is 45.2 Å². The van der Waals surface area contributed by atoms with Crippen molar-refractivity contribution in [3.63, 3.8) is 0 Å². The van der Waals surface area contributed by atoms with Gasteiger partial charge in [-0.1, -0.05) is 23.2 Å². The van der Waals surface area contributed by atoms with Gasteiger partial charge in [0.1, 0.15) is 0 Å². The zero-order chi connectivity index (χ0) is 23.9. The molecule has 174 valence electrons. The molecule has 0 radical (unpaired) electrons. The molecule has 7 N–H and O–H groups in total. The van der Waals surface area contributed by atoms with Crippen molar-refractivity contribution >= 4 is 114 Å². The van der Waals surface area contributed by atoms with Crippen molar-refractivity contribution in [2.75, 3.05) is 31.6 Å². The van der Waals surface area contributed by atoms with Gasteiger partial charge in [0, 0.05) is 16.7 Å². The van der Waals surface area contributed by atoms with Crippen LogP contribution in [-0.2, 0) is 4.79 Å². The number of nitrogens with one attached hydrogen (secondary N) is 3. The molecule has 10 nitrogen and oxygen atoms in total. The highest BCUT2D eigenvalue weighted by molar-refractivity contribution is 14.1. The summed E-state index contributed by atoms with van der Waals surface area (Å²) in [6, 6.07) is 0. The largest absolute Gasteiger partial charge is 0.394 e. The molecule has 1 aromatic carbocycles. The topological polar surface area (TPSA) is 168 Å². The first-order valence-corrected chi connectivity index (χ1v) is 12.5. The molecule has 0 bridgehead atoms. The van der Waals surface area contributed by atoms with Gasteiger partial charge in [-0.2, -0.15) is 0 Å². The van der Waals surface area contributed by atoms with Gasteiger partial charge >= 0.3 is 0 Å². The van der Waals surface area contributed by atoms with Gasteiger partial charge in [-0.15, -0.1) is 0 Å². The Morgan fingerprint density at radius 3 is 1.52 bits per heavy atom. The minimum absolute atomic E-state index is 0.0376. The van der Waals surface area contributed by atoms with E-state index in [0.29, 0.717) is 0 Å². The molecule has 0 spiro atoms. The number of anilines is 1. The standard InChI is InChI=1S/C16H18Cl2I3N3O7/c17-13(18)16(31)24-12-10(20)7(14(29)22-1-5(27)3-25)9(19)8(11(12)21)15(30)23-2-6(28)4-26/h5-6,13,25-28H,1-4H2,(H,22,29)(H,23,30)(H,24,31). The molecule has 2 unspecified atom stereocenters. The van der Waals surface area contributed by atoms with Crippen LogP contribution in [0.15, 0.2) is 0 Å². The number of amides is 3. The number of aliphatic hydroxyl groups is 4. The molecule has 2 atom stereocenters. The first kappa shape index (κ1) is 29.3. The number of benzene rings is 1. The van der Waals surface area contributed by atoms with Crippen LogP contribution in [0.3, 0.4) is 0 Å². The number of alkyl halides is 2. The molecule has 0 saturated carbocycles. The van der Waals surface area contributed by atoms with Crippen LogP contribution in [0.1, 0.15) is 20.7 Å². The summed E-state index contributed by atoms with van der Waals surface area (Å²) in [6.45, 7) is -1.61. The third-order valence-corrected chi connectivity index (χ3v) is 7.27. The Bertz CT molecular complexity index is 792. The normalized spacial score (nSPS) is 13.0. The molecule has 1 rings (SSSR count). The minimum atomic E-state index is -1.40. The van der Waals surface area contributed by atoms with Gasteiger partial charge in [0.05, 0.1) is 49.4 Å². The van der Waals surface area contributed by atoms with E-state index in [4.69, 9.17) is 33.4 Å². The third kappa shape index (κ3) is 8.20. The summed E-state index contributed by atoms with van der Waals surface area (Å²) >= 11 is 16.7. The van der Waals surface area contributed by atoms with E-state index in [2.05, 4.69) is 16.0 Å². The predicted molar refractivity (Wildman–Crippen MR) is 140 cm³/mol. The second-order valence-electron chi connectivity index (χ2n) is 5.95. The van der Waals surface area contributed by atoms with Crippen molar-refractivity contribution in [2.24, 2.45) is 0 Å². The number of rotatable bonds is 10. The molecule has 0 fully saturated rings. The van der Waals surface area contributed by atoms with E-state index in [-0.39, 0.29) is 40.6 Å². The van der Waals surface area contributed by atoms with Gasteiger partial charge < -0.3 is 36.4 Å². The maximum atomic E-state index is 12.8. The van der Waals surface area contributed by atoms with Crippen LogP contribution in [0.2, 0.25) is 0 Å². The van der Waals surface area contributed by atoms with Crippen LogP contribution >= 0.6 is 91.0 Å². The van der Waals surface area contributed by atoms with Gasteiger partial charge in [-0.05, 0) is 67.8 Å². The molecule has 0 aliphatic carbocycles. The first-order chi connectivity index (χ1) is 14.5. The lowest BCUT2D eigenvalue weighted by atomic mass is 10.1. The highest BCUT2D eigenvalue weighted by Crippen LogP contribution is 2.36. The van der Waals surface area contributed by atoms with Crippen molar-refractivity contribution in [3.05, 3.63) is 21.8 Å². The van der Waals surface area contributed by atoms with Crippen LogP contribution in [0, 0.1) is 10.7 Å². The summed E-state index contributed by atoms with van der Waals surface area (Å²) in [5, 5.41) is 44.2. The quantitative estimate of drug-likeness (QED) is 0.133. The fraction of sp³-hybridized carbons (Fsp3) is 0.438. The van der Waals surface area contributed by atoms with Gasteiger partial charge in [0.15, 0.2) is 4.84 Å². The molecular weight excluding hydrogens is 798 g/mol. The van der Waals surface area contributed by atoms with E-state index >= 15 is 0 Å². The smallest absolute Gasteiger partial charge is 0.257 e. The number of aliphatic hydroxyl groups excluding tert-OH is 4. The van der Waals surface area contributed by atoms with Crippen molar-refractivity contribution in [3.8, 4) is 0 Å². The van der Waals surface area contributed by atoms with Crippen molar-refractivity contribution in [1.82, 2.24) is 10.6 Å². The molecule has 3 amide bonds. The fourth-order valence-corrected chi connectivity index (χ4v) is 6.60. The molecule has 1 aromatic rings. The summed E-state index contributed by atoms with van der Waals surface area (Å²) in [6.07, 6.45) is -2.36. The monoisotopic (exact) mass is 815 g/mol. The molecule has 0 aliphatic heterocycles. The summed E-state index contributed by atoms with van der Waals surface area (Å²) in [5.41, 5.74) is 0.199. The second kappa shape index (κ2) is 13.8. The molecule has 0 aromatic heterocycles. The Kier molecular flexibility index (Phi) is 13.1. The van der Waals surface area contributed by atoms with Gasteiger partial charge in [0.2, 0.25) is 0 Å². The lowest BCUT2D eigenvalue weighted by molar-refractivity contribution is -0.114. The average Bonchev–Trinajstić information content (AvgIpc) is 2.72. The molecule has 15 heteroatoms. The van der Waals surface area contributed by atoms with Gasteiger partial charge in [0.25, 0.3) is 17.7 Å². The van der Waals surface area contributed by atoms with Crippen LogP contribution < -0.4 is 16.0 Å². The van der Waals surface area contributed by atoms with E-state index in [1.54, 1.807) is 22.6 Å². The molecular formula is C16H18Cl2I3N3O7. The molecule has 0 saturated heterocycles. The SMILES string of the molecule is O=C(NCC(O)CO)c1c(I)c(NC(=O)C(Cl)Cl)c(I)c(C(=O)NCC(O)CO)c1I. The fourth-order valence-electron chi connectivity index (χ4n) is 2.08. The summed E-state index contributed by atoms with van der Waals surface area (Å²) in [5.74, 6) is -2.10. The number of hydrogen-bond acceptors (Lipinski definition) is 7. The molecule has 31 heavy (non-hydrogen) atoms. The number of carbonyl (C=O) groups excluding carboxylic acids is 3. The zero-order valence-electron chi connectivity index (χ0n) is 15.5. The molecule has 0 aliphatic rings. The van der Waals surface area contributed by atoms with Gasteiger partial charge in [-0.3, -0.25) is 14.4 Å². The zero-order valence-corrected chi connectivity index (χ0v) is 23.4. The van der Waals surface area contributed by atoms with E-state index in [0.717, 1.165) is 0 Å². The summed E-state index contributed by atoms with van der Waals surface area (Å²) in [7, 11) is 0. The number of hydrogen-bond donors (Lipinski definition) is 7. The van der Waals surface area contributed by atoms with E-state index in [1.165, 1.54) is 0 Å². The number of halogens is 5. The maximum Gasteiger partial charge on any atom is 0.257 e. The van der Waals surface area contributed by atoms with E-state index < -0.39 is 48.0 Å². The first-order valence-electron chi connectivity index (χ1n) is 8.39. The van der Waals surface area contributed by atoms with Gasteiger partial charge in [-0.25, -0.2) is 0 Å². The lowest BCUT2D eigenvalue weighted by Crippen LogP contribution is -2.37. The van der Waals surface area contributed by atoms with Crippen LogP contribution in [-0.4, -0.2) is 81.5 Å². The molecule has 0 heterocycles. The summed E-state index contributed by atoms with van der Waals surface area (Å²) < 4.78 is 0.818.